The van der Waals surface area contributed by atoms with E-state index in [0.29, 0.717) is 51.8 Å². The summed E-state index contributed by atoms with van der Waals surface area (Å²) in [4.78, 5) is 58.3. The number of carbonyl (C=O) groups excluding carboxylic acids is 3. The van der Waals surface area contributed by atoms with E-state index in [-0.39, 0.29) is 49.6 Å². The first-order valence-electron chi connectivity index (χ1n) is 14.5. The molecular formula is C31H31FN4O7. The quantitative estimate of drug-likeness (QED) is 0.305. The van der Waals surface area contributed by atoms with Crippen LogP contribution in [-0.2, 0) is 44.3 Å². The number of amides is 2. The molecule has 2 aromatic heterocycles. The highest BCUT2D eigenvalue weighted by Gasteiger charge is 2.46. The summed E-state index contributed by atoms with van der Waals surface area (Å²) in [6, 6.07) is 1.34. The first-order chi connectivity index (χ1) is 20.5. The third kappa shape index (κ3) is 3.75. The molecule has 1 saturated heterocycles. The van der Waals surface area contributed by atoms with Gasteiger partial charge in [0.1, 0.15) is 18.5 Å². The summed E-state index contributed by atoms with van der Waals surface area (Å²) in [5, 5.41) is 25.6. The molecule has 7 rings (SSSR count). The van der Waals surface area contributed by atoms with Gasteiger partial charge in [-0.05, 0) is 55.4 Å². The molecule has 11 nitrogen and oxygen atoms in total. The van der Waals surface area contributed by atoms with Crippen molar-refractivity contribution in [1.82, 2.24) is 19.8 Å². The number of carbonyl (C=O) groups is 3. The standard InChI is InChI=1S/C31H31FN4O7/c1-4-31(42)18-9-22-26-16(11-36(22)29(40)17(18)12-43-30(31)41)25-20(34-28(39)27-23(38)7-8-35(27)14(3)37)6-5-15-13(2)19(32)10-21(33-26)24(15)25/h9-10,20,23,27,38,42H,4-8,11-12H2,1-3H3,(H,34,39)/t20-,23?,27?,31-/m0/s1. The molecule has 2 amide bonds. The van der Waals surface area contributed by atoms with Crippen LogP contribution in [-0.4, -0.2) is 61.1 Å². The van der Waals surface area contributed by atoms with E-state index in [2.05, 4.69) is 5.32 Å². The van der Waals surface area contributed by atoms with Crippen LogP contribution >= 0.6 is 0 Å². The van der Waals surface area contributed by atoms with Crippen LogP contribution in [0.2, 0.25) is 0 Å². The second-order valence-corrected chi connectivity index (χ2v) is 11.9. The number of pyridine rings is 2. The largest absolute Gasteiger partial charge is 0.458 e. The molecule has 1 aromatic carbocycles. The molecule has 3 aliphatic heterocycles. The van der Waals surface area contributed by atoms with Crippen molar-refractivity contribution in [3.63, 3.8) is 0 Å². The molecule has 4 atom stereocenters. The smallest absolute Gasteiger partial charge is 0.343 e. The zero-order valence-electron chi connectivity index (χ0n) is 24.0. The van der Waals surface area contributed by atoms with E-state index in [9.17, 15) is 29.4 Å². The van der Waals surface area contributed by atoms with Gasteiger partial charge in [0.25, 0.3) is 5.56 Å². The van der Waals surface area contributed by atoms with Crippen molar-refractivity contribution in [1.29, 1.82) is 0 Å². The minimum Gasteiger partial charge on any atom is -0.458 e. The Balaban J connectivity index is 1.42. The molecule has 0 radical (unpaired) electrons. The van der Waals surface area contributed by atoms with E-state index < -0.39 is 47.0 Å². The topological polar surface area (TPSA) is 151 Å². The summed E-state index contributed by atoms with van der Waals surface area (Å²) in [7, 11) is 0. The van der Waals surface area contributed by atoms with Crippen molar-refractivity contribution >= 4 is 28.7 Å². The molecule has 1 aliphatic carbocycles. The van der Waals surface area contributed by atoms with Crippen LogP contribution < -0.4 is 10.9 Å². The Hall–Kier alpha value is -4.16. The number of nitrogens with one attached hydrogen (secondary N) is 1. The first kappa shape index (κ1) is 27.7. The van der Waals surface area contributed by atoms with Gasteiger partial charge in [0.15, 0.2) is 5.60 Å². The number of hydrogen-bond acceptors (Lipinski definition) is 8. The number of aliphatic hydroxyl groups is 2. The number of benzene rings is 1. The molecule has 3 aromatic rings. The van der Waals surface area contributed by atoms with Gasteiger partial charge in [-0.3, -0.25) is 14.4 Å². The molecule has 3 N–H and O–H groups in total. The fourth-order valence-corrected chi connectivity index (χ4v) is 7.40. The Morgan fingerprint density at radius 2 is 1.98 bits per heavy atom. The van der Waals surface area contributed by atoms with Crippen LogP contribution in [0.5, 0.6) is 0 Å². The molecule has 0 bridgehead atoms. The van der Waals surface area contributed by atoms with Crippen LogP contribution in [0.4, 0.5) is 4.39 Å². The summed E-state index contributed by atoms with van der Waals surface area (Å²) in [5.41, 5.74) is 1.73. The summed E-state index contributed by atoms with van der Waals surface area (Å²) >= 11 is 0. The Kier molecular flexibility index (Phi) is 6.06. The molecular weight excluding hydrogens is 559 g/mol. The molecule has 2 unspecified atom stereocenters. The van der Waals surface area contributed by atoms with Crippen molar-refractivity contribution in [3.05, 3.63) is 61.7 Å². The third-order valence-corrected chi connectivity index (χ3v) is 9.73. The van der Waals surface area contributed by atoms with Crippen molar-refractivity contribution in [3.8, 4) is 11.4 Å². The van der Waals surface area contributed by atoms with E-state index in [1.165, 1.54) is 22.5 Å². The molecule has 12 heteroatoms. The average Bonchev–Trinajstić information content (AvgIpc) is 3.55. The molecule has 5 heterocycles. The van der Waals surface area contributed by atoms with Gasteiger partial charge in [-0.25, -0.2) is 14.2 Å². The van der Waals surface area contributed by atoms with Gasteiger partial charge in [0.05, 0.1) is 41.2 Å². The number of halogens is 1. The van der Waals surface area contributed by atoms with Gasteiger partial charge in [0.2, 0.25) is 11.8 Å². The Morgan fingerprint density at radius 1 is 1.21 bits per heavy atom. The van der Waals surface area contributed by atoms with E-state index >= 15 is 4.39 Å². The minimum atomic E-state index is -1.99. The predicted molar refractivity (Wildman–Crippen MR) is 150 cm³/mol. The van der Waals surface area contributed by atoms with Crippen LogP contribution in [0.3, 0.4) is 0 Å². The summed E-state index contributed by atoms with van der Waals surface area (Å²) in [6.45, 7) is 4.81. The highest BCUT2D eigenvalue weighted by molar-refractivity contribution is 5.95. The zero-order valence-corrected chi connectivity index (χ0v) is 24.0. The number of esters is 1. The maximum Gasteiger partial charge on any atom is 0.343 e. The Labute approximate surface area is 245 Å². The van der Waals surface area contributed by atoms with Gasteiger partial charge in [-0.2, -0.15) is 0 Å². The van der Waals surface area contributed by atoms with E-state index in [0.717, 1.165) is 5.56 Å². The van der Waals surface area contributed by atoms with Gasteiger partial charge >= 0.3 is 5.97 Å². The Bertz CT molecular complexity index is 1850. The van der Waals surface area contributed by atoms with Gasteiger partial charge < -0.3 is 29.7 Å². The van der Waals surface area contributed by atoms with Crippen molar-refractivity contribution in [2.75, 3.05) is 6.54 Å². The van der Waals surface area contributed by atoms with Crippen LogP contribution in [0.15, 0.2) is 16.9 Å². The number of ether oxygens (including phenoxy) is 1. The fourth-order valence-electron chi connectivity index (χ4n) is 7.40. The average molecular weight is 591 g/mol. The molecule has 224 valence electrons. The number of aliphatic hydroxyl groups excluding tert-OH is 1. The lowest BCUT2D eigenvalue weighted by Crippen LogP contribution is -2.50. The normalized spacial score (nSPS) is 25.3. The lowest BCUT2D eigenvalue weighted by atomic mass is 9.81. The molecule has 0 saturated carbocycles. The molecule has 1 fully saturated rings. The summed E-state index contributed by atoms with van der Waals surface area (Å²) in [5.74, 6) is -2.04. The van der Waals surface area contributed by atoms with Crippen molar-refractivity contribution in [2.45, 2.75) is 83.4 Å². The number of rotatable bonds is 3. The van der Waals surface area contributed by atoms with Gasteiger partial charge in [-0.15, -0.1) is 0 Å². The summed E-state index contributed by atoms with van der Waals surface area (Å²) < 4.78 is 21.8. The third-order valence-electron chi connectivity index (χ3n) is 9.73. The number of hydrogen-bond donors (Lipinski definition) is 3. The second kappa shape index (κ2) is 9.42. The fraction of sp³-hybridized carbons (Fsp3) is 0.452. The minimum absolute atomic E-state index is 0.00274. The number of nitrogens with zero attached hydrogens (tertiary/aromatic N) is 3. The van der Waals surface area contributed by atoms with E-state index in [1.54, 1.807) is 19.9 Å². The highest BCUT2D eigenvalue weighted by atomic mass is 19.1. The van der Waals surface area contributed by atoms with E-state index in [4.69, 9.17) is 9.72 Å². The van der Waals surface area contributed by atoms with Crippen LogP contribution in [0.25, 0.3) is 22.3 Å². The van der Waals surface area contributed by atoms with Gasteiger partial charge in [-0.1, -0.05) is 6.92 Å². The van der Waals surface area contributed by atoms with Crippen LogP contribution in [0.1, 0.15) is 72.5 Å². The lowest BCUT2D eigenvalue weighted by molar-refractivity contribution is -0.172. The SMILES string of the molecule is CC[C@@]1(O)C(=O)OCc2c1cc1n(c2=O)Cc2c-1nc1cc(F)c(C)c3c1c2[C@@H](NC(=O)C1C(O)CCN1C(C)=O)CC3. The van der Waals surface area contributed by atoms with Crippen molar-refractivity contribution in [2.24, 2.45) is 0 Å². The number of fused-ring (bicyclic) bond motifs is 5. The maximum absolute atomic E-state index is 15.1. The summed E-state index contributed by atoms with van der Waals surface area (Å²) in [6.07, 6.45) is 0.175. The maximum atomic E-state index is 15.1. The number of aromatic nitrogens is 2. The van der Waals surface area contributed by atoms with Crippen LogP contribution in [0, 0.1) is 12.7 Å². The molecule has 43 heavy (non-hydrogen) atoms. The number of cyclic esters (lactones) is 1. The Morgan fingerprint density at radius 3 is 2.70 bits per heavy atom. The monoisotopic (exact) mass is 590 g/mol. The number of likely N-dealkylation sites (tertiary alicyclic amines) is 1. The second-order valence-electron chi connectivity index (χ2n) is 11.9. The molecule has 4 aliphatic rings. The van der Waals surface area contributed by atoms with E-state index in [1.807, 2.05) is 0 Å². The lowest BCUT2D eigenvalue weighted by Gasteiger charge is -2.32. The van der Waals surface area contributed by atoms with Crippen molar-refractivity contribution < 1.29 is 33.7 Å². The molecule has 0 spiro atoms. The predicted octanol–water partition coefficient (Wildman–Crippen LogP) is 1.61. The van der Waals surface area contributed by atoms with Gasteiger partial charge in [0, 0.05) is 36.0 Å². The first-order valence-corrected chi connectivity index (χ1v) is 14.5. The zero-order chi connectivity index (χ0) is 30.5. The number of aryl methyl sites for hydroxylation is 1. The highest BCUT2D eigenvalue weighted by Crippen LogP contribution is 2.46.